The van der Waals surface area contributed by atoms with Crippen molar-refractivity contribution in [1.82, 2.24) is 19.4 Å². The van der Waals surface area contributed by atoms with Gasteiger partial charge in [0, 0.05) is 53.6 Å². The number of nitrogens with zero attached hydrogens (tertiary/aromatic N) is 4. The average Bonchev–Trinajstić information content (AvgIpc) is 3.08. The van der Waals surface area contributed by atoms with E-state index in [9.17, 15) is 23.9 Å². The van der Waals surface area contributed by atoms with Crippen molar-refractivity contribution in [2.75, 3.05) is 31.9 Å². The lowest BCUT2D eigenvalue weighted by Crippen LogP contribution is -2.53. The van der Waals surface area contributed by atoms with E-state index in [0.717, 1.165) is 5.56 Å². The van der Waals surface area contributed by atoms with Crippen LogP contribution in [0.4, 0.5) is 10.1 Å². The zero-order chi connectivity index (χ0) is 34.0. The number of anilines is 1. The molecule has 2 atom stereocenters. The number of likely N-dealkylation sites (tertiary alicyclic amines) is 2. The van der Waals surface area contributed by atoms with Crippen molar-refractivity contribution in [2.24, 2.45) is 5.92 Å². The zero-order valence-corrected chi connectivity index (χ0v) is 27.4. The third-order valence-corrected chi connectivity index (χ3v) is 9.53. The van der Waals surface area contributed by atoms with E-state index in [1.807, 2.05) is 30.3 Å². The number of hydrogen-bond acceptors (Lipinski definition) is 7. The van der Waals surface area contributed by atoms with Crippen LogP contribution in [-0.2, 0) is 11.3 Å². The number of halogens is 3. The summed E-state index contributed by atoms with van der Waals surface area (Å²) in [5, 5.41) is 12.2. The van der Waals surface area contributed by atoms with Gasteiger partial charge in [0.25, 0.3) is 11.5 Å². The van der Waals surface area contributed by atoms with E-state index in [-0.39, 0.29) is 60.4 Å². The number of ether oxygens (including phenoxy) is 1. The van der Waals surface area contributed by atoms with Crippen molar-refractivity contribution in [3.05, 3.63) is 116 Å². The van der Waals surface area contributed by atoms with Gasteiger partial charge in [-0.1, -0.05) is 53.5 Å². The van der Waals surface area contributed by atoms with Gasteiger partial charge in [0.2, 0.25) is 11.8 Å². The smallest absolute Gasteiger partial charge is 0.280 e. The topological polar surface area (TPSA) is 131 Å². The highest BCUT2D eigenvalue weighted by Gasteiger charge is 2.42. The standard InChI is InChI=1S/C35H34Cl2FN5O5/c36-24-16-23(17-25(37)18-24)32(44)42-13-10-28(29(19-42)22-4-2-1-3-5-22)33(45)41-14-11-35(47,12-15-41)20-43-21-40-31(30(39)34(43)46)48-27-8-6-26(38)7-9-27/h1-9,16-18,21,28-29,47H,10-15,19-20,39H2/t28-,29+/m1/s1. The number of aromatic nitrogens is 2. The number of piperidine rings is 2. The molecule has 3 heterocycles. The first-order chi connectivity index (χ1) is 23.0. The summed E-state index contributed by atoms with van der Waals surface area (Å²) in [6.07, 6.45) is 2.19. The van der Waals surface area contributed by atoms with Gasteiger partial charge in [-0.25, -0.2) is 9.37 Å². The first-order valence-corrected chi connectivity index (χ1v) is 16.3. The number of nitrogens with two attached hydrogens (primary N) is 1. The van der Waals surface area contributed by atoms with Crippen molar-refractivity contribution in [3.63, 3.8) is 0 Å². The number of carbonyl (C=O) groups is 2. The fourth-order valence-corrected chi connectivity index (χ4v) is 7.01. The van der Waals surface area contributed by atoms with Gasteiger partial charge in [-0.3, -0.25) is 19.0 Å². The van der Waals surface area contributed by atoms with Gasteiger partial charge in [-0.05, 0) is 67.3 Å². The maximum absolute atomic E-state index is 14.0. The fourth-order valence-electron chi connectivity index (χ4n) is 6.48. The van der Waals surface area contributed by atoms with E-state index in [4.69, 9.17) is 33.7 Å². The summed E-state index contributed by atoms with van der Waals surface area (Å²) in [5.74, 6) is -1.13. The van der Waals surface area contributed by atoms with Crippen LogP contribution in [0.1, 0.15) is 41.1 Å². The molecule has 1 aromatic heterocycles. The Hall–Kier alpha value is -4.45. The average molecular weight is 695 g/mol. The van der Waals surface area contributed by atoms with E-state index < -0.39 is 17.0 Å². The minimum absolute atomic E-state index is 0.0332. The maximum atomic E-state index is 14.0. The van der Waals surface area contributed by atoms with Gasteiger partial charge in [0.15, 0.2) is 5.69 Å². The molecule has 4 aromatic rings. The normalized spacial score (nSPS) is 19.2. The molecular formula is C35H34Cl2FN5O5. The van der Waals surface area contributed by atoms with Crippen LogP contribution in [0.2, 0.25) is 10.0 Å². The lowest BCUT2D eigenvalue weighted by molar-refractivity contribution is -0.142. The molecule has 3 aromatic carbocycles. The molecule has 6 rings (SSSR count). The predicted octanol–water partition coefficient (Wildman–Crippen LogP) is 5.36. The van der Waals surface area contributed by atoms with Crippen LogP contribution in [0.15, 0.2) is 83.9 Å². The first kappa shape index (κ1) is 33.5. The summed E-state index contributed by atoms with van der Waals surface area (Å²) in [5.41, 5.74) is 5.28. The van der Waals surface area contributed by atoms with Crippen LogP contribution >= 0.6 is 23.2 Å². The Morgan fingerprint density at radius 1 is 0.979 bits per heavy atom. The first-order valence-electron chi connectivity index (χ1n) is 15.6. The van der Waals surface area contributed by atoms with Gasteiger partial charge in [-0.2, -0.15) is 0 Å². The van der Waals surface area contributed by atoms with Crippen LogP contribution < -0.4 is 16.0 Å². The van der Waals surface area contributed by atoms with Gasteiger partial charge in [-0.15, -0.1) is 0 Å². The molecule has 10 nitrogen and oxygen atoms in total. The molecule has 48 heavy (non-hydrogen) atoms. The summed E-state index contributed by atoms with van der Waals surface area (Å²) in [7, 11) is 0. The Labute approximate surface area is 286 Å². The Morgan fingerprint density at radius 2 is 1.65 bits per heavy atom. The van der Waals surface area contributed by atoms with Crippen LogP contribution in [0.25, 0.3) is 0 Å². The lowest BCUT2D eigenvalue weighted by atomic mass is 9.79. The minimum Gasteiger partial charge on any atom is -0.437 e. The zero-order valence-electron chi connectivity index (χ0n) is 25.9. The number of amides is 2. The van der Waals surface area contributed by atoms with Crippen molar-refractivity contribution < 1.29 is 23.8 Å². The largest absolute Gasteiger partial charge is 0.437 e. The summed E-state index contributed by atoms with van der Waals surface area (Å²) in [4.78, 5) is 48.2. The van der Waals surface area contributed by atoms with Crippen molar-refractivity contribution in [1.29, 1.82) is 0 Å². The Kier molecular flexibility index (Phi) is 9.73. The van der Waals surface area contributed by atoms with Crippen LogP contribution in [0, 0.1) is 11.7 Å². The second-order valence-corrected chi connectivity index (χ2v) is 13.2. The quantitative estimate of drug-likeness (QED) is 0.266. The molecule has 250 valence electrons. The number of benzene rings is 3. The third kappa shape index (κ3) is 7.33. The summed E-state index contributed by atoms with van der Waals surface area (Å²) >= 11 is 12.3. The molecule has 13 heteroatoms. The van der Waals surface area contributed by atoms with Gasteiger partial charge in [0.05, 0.1) is 12.1 Å². The molecule has 2 aliphatic heterocycles. The number of nitrogen functional groups attached to an aromatic ring is 1. The van der Waals surface area contributed by atoms with Crippen molar-refractivity contribution in [3.8, 4) is 11.6 Å². The molecule has 2 aliphatic rings. The molecular weight excluding hydrogens is 660 g/mol. The molecule has 2 amide bonds. The molecule has 3 N–H and O–H groups in total. The van der Waals surface area contributed by atoms with Crippen LogP contribution in [-0.4, -0.2) is 68.1 Å². The van der Waals surface area contributed by atoms with E-state index >= 15 is 0 Å². The van der Waals surface area contributed by atoms with E-state index in [0.29, 0.717) is 48.2 Å². The second-order valence-electron chi connectivity index (χ2n) is 12.3. The molecule has 0 unspecified atom stereocenters. The molecule has 0 saturated carbocycles. The predicted molar refractivity (Wildman–Crippen MR) is 180 cm³/mol. The monoisotopic (exact) mass is 693 g/mol. The van der Waals surface area contributed by atoms with Gasteiger partial charge in [0.1, 0.15) is 17.9 Å². The fraction of sp³-hybridized carbons (Fsp3) is 0.314. The summed E-state index contributed by atoms with van der Waals surface area (Å²) in [6, 6.07) is 19.6. The SMILES string of the molecule is Nc1c(Oc2ccc(F)cc2)ncn(CC2(O)CCN(C(=O)[C@@H]3CCN(C(=O)c4cc(Cl)cc(Cl)c4)C[C@H]3c3ccccc3)CC2)c1=O. The summed E-state index contributed by atoms with van der Waals surface area (Å²) in [6.45, 7) is 1.25. The second kappa shape index (κ2) is 14.0. The highest BCUT2D eigenvalue weighted by Crippen LogP contribution is 2.36. The number of aliphatic hydroxyl groups is 1. The minimum atomic E-state index is -1.28. The molecule has 0 spiro atoms. The van der Waals surface area contributed by atoms with Crippen LogP contribution in [0.3, 0.4) is 0 Å². The molecule has 0 aliphatic carbocycles. The molecule has 0 radical (unpaired) electrons. The molecule has 0 bridgehead atoms. The molecule has 2 fully saturated rings. The Morgan fingerprint density at radius 3 is 2.31 bits per heavy atom. The van der Waals surface area contributed by atoms with E-state index in [1.54, 1.807) is 28.0 Å². The Bertz CT molecular complexity index is 1850. The highest BCUT2D eigenvalue weighted by atomic mass is 35.5. The lowest BCUT2D eigenvalue weighted by Gasteiger charge is -2.43. The number of carbonyl (C=O) groups excluding carboxylic acids is 2. The molecule has 2 saturated heterocycles. The van der Waals surface area contributed by atoms with E-state index in [2.05, 4.69) is 4.98 Å². The van der Waals surface area contributed by atoms with Crippen molar-refractivity contribution >= 4 is 40.7 Å². The Balaban J connectivity index is 1.12. The van der Waals surface area contributed by atoms with Gasteiger partial charge >= 0.3 is 0 Å². The third-order valence-electron chi connectivity index (χ3n) is 9.09. The highest BCUT2D eigenvalue weighted by molar-refractivity contribution is 6.35. The van der Waals surface area contributed by atoms with E-state index in [1.165, 1.54) is 35.2 Å². The summed E-state index contributed by atoms with van der Waals surface area (Å²) < 4.78 is 20.0. The van der Waals surface area contributed by atoms with Gasteiger partial charge < -0.3 is 25.4 Å². The number of hydrogen-bond donors (Lipinski definition) is 2. The van der Waals surface area contributed by atoms with Crippen LogP contribution in [0.5, 0.6) is 11.6 Å². The van der Waals surface area contributed by atoms with Crippen molar-refractivity contribution in [2.45, 2.75) is 37.3 Å². The maximum Gasteiger partial charge on any atom is 0.280 e. The number of rotatable bonds is 7.